The lowest BCUT2D eigenvalue weighted by Gasteiger charge is -2.02. The van der Waals surface area contributed by atoms with E-state index in [2.05, 4.69) is 16.4 Å². The van der Waals surface area contributed by atoms with Gasteiger partial charge >= 0.3 is 11.9 Å². The van der Waals surface area contributed by atoms with E-state index < -0.39 is 11.9 Å². The van der Waals surface area contributed by atoms with Crippen molar-refractivity contribution in [3.63, 3.8) is 0 Å². The molecule has 0 heterocycles. The van der Waals surface area contributed by atoms with Crippen molar-refractivity contribution < 1.29 is 19.1 Å². The molecule has 0 spiro atoms. The van der Waals surface area contributed by atoms with Crippen LogP contribution >= 0.6 is 0 Å². The first kappa shape index (κ1) is 10.9. The molecular formula is C8H13O4. The van der Waals surface area contributed by atoms with Gasteiger partial charge < -0.3 is 9.47 Å². The first-order valence-corrected chi connectivity index (χ1v) is 3.81. The number of esters is 2. The SMILES string of the molecule is [CH2]C(=O)OCC(=O)OCCCC. The Morgan fingerprint density at radius 1 is 1.33 bits per heavy atom. The summed E-state index contributed by atoms with van der Waals surface area (Å²) in [6, 6.07) is 0. The van der Waals surface area contributed by atoms with Crippen LogP contribution in [0.1, 0.15) is 19.8 Å². The molecule has 0 aromatic carbocycles. The first-order valence-electron chi connectivity index (χ1n) is 3.81. The summed E-state index contributed by atoms with van der Waals surface area (Å²) in [7, 11) is 0. The Kier molecular flexibility index (Phi) is 6.05. The van der Waals surface area contributed by atoms with E-state index in [9.17, 15) is 9.59 Å². The summed E-state index contributed by atoms with van der Waals surface area (Å²) in [4.78, 5) is 20.8. The van der Waals surface area contributed by atoms with Crippen LogP contribution in [-0.2, 0) is 19.1 Å². The highest BCUT2D eigenvalue weighted by Gasteiger charge is 2.03. The van der Waals surface area contributed by atoms with Crippen molar-refractivity contribution in [2.45, 2.75) is 19.8 Å². The lowest BCUT2D eigenvalue weighted by Crippen LogP contribution is -2.15. The molecule has 0 aliphatic heterocycles. The standard InChI is InChI=1S/C8H13O4/c1-3-4-5-11-8(10)6-12-7(2)9/h2-6H2,1H3. The van der Waals surface area contributed by atoms with Crippen LogP contribution in [0.15, 0.2) is 0 Å². The molecule has 0 amide bonds. The summed E-state index contributed by atoms with van der Waals surface area (Å²) in [5, 5.41) is 0. The van der Waals surface area contributed by atoms with Gasteiger partial charge in [0, 0.05) is 0 Å². The van der Waals surface area contributed by atoms with Gasteiger partial charge in [-0.2, -0.15) is 0 Å². The Labute approximate surface area is 71.8 Å². The molecule has 0 N–H and O–H groups in total. The van der Waals surface area contributed by atoms with Crippen LogP contribution in [0.5, 0.6) is 0 Å². The van der Waals surface area contributed by atoms with Crippen molar-refractivity contribution in [2.75, 3.05) is 13.2 Å². The Morgan fingerprint density at radius 3 is 2.50 bits per heavy atom. The largest absolute Gasteiger partial charge is 0.463 e. The molecule has 0 aromatic rings. The highest BCUT2D eigenvalue weighted by Crippen LogP contribution is 1.89. The third-order valence-corrected chi connectivity index (χ3v) is 1.11. The van der Waals surface area contributed by atoms with E-state index in [4.69, 9.17) is 0 Å². The first-order chi connectivity index (χ1) is 5.66. The predicted molar refractivity (Wildman–Crippen MR) is 42.2 cm³/mol. The molecule has 0 aliphatic rings. The minimum Gasteiger partial charge on any atom is -0.463 e. The van der Waals surface area contributed by atoms with Crippen molar-refractivity contribution in [2.24, 2.45) is 0 Å². The van der Waals surface area contributed by atoms with E-state index in [1.807, 2.05) is 6.92 Å². The summed E-state index contributed by atoms with van der Waals surface area (Å²) < 4.78 is 9.00. The molecule has 0 saturated carbocycles. The lowest BCUT2D eigenvalue weighted by atomic mass is 10.4. The number of unbranched alkanes of at least 4 members (excludes halogenated alkanes) is 1. The number of rotatable bonds is 5. The summed E-state index contributed by atoms with van der Waals surface area (Å²) >= 11 is 0. The topological polar surface area (TPSA) is 52.6 Å². The second-order valence-electron chi connectivity index (χ2n) is 2.23. The maximum Gasteiger partial charge on any atom is 0.344 e. The van der Waals surface area contributed by atoms with Crippen molar-refractivity contribution in [1.82, 2.24) is 0 Å². The quantitative estimate of drug-likeness (QED) is 0.453. The zero-order valence-electron chi connectivity index (χ0n) is 7.17. The summed E-state index contributed by atoms with van der Waals surface area (Å²) in [6.45, 7) is 4.97. The van der Waals surface area contributed by atoms with Crippen LogP contribution in [-0.4, -0.2) is 25.2 Å². The molecule has 0 aromatic heterocycles. The minimum absolute atomic E-state index is 0.341. The second-order valence-corrected chi connectivity index (χ2v) is 2.23. The van der Waals surface area contributed by atoms with Crippen molar-refractivity contribution >= 4 is 11.9 Å². The van der Waals surface area contributed by atoms with Crippen LogP contribution in [0.25, 0.3) is 0 Å². The van der Waals surface area contributed by atoms with Gasteiger partial charge in [-0.05, 0) is 6.42 Å². The van der Waals surface area contributed by atoms with E-state index in [1.165, 1.54) is 0 Å². The van der Waals surface area contributed by atoms with Crippen molar-refractivity contribution in [3.05, 3.63) is 6.92 Å². The van der Waals surface area contributed by atoms with Gasteiger partial charge in [0.05, 0.1) is 13.5 Å². The fraction of sp³-hybridized carbons (Fsp3) is 0.625. The molecule has 0 aliphatic carbocycles. The number of hydrogen-bond donors (Lipinski definition) is 0. The smallest absolute Gasteiger partial charge is 0.344 e. The molecule has 0 saturated heterocycles. The minimum atomic E-state index is -0.720. The zero-order chi connectivity index (χ0) is 9.40. The second kappa shape index (κ2) is 6.64. The van der Waals surface area contributed by atoms with Gasteiger partial charge in [-0.15, -0.1) is 0 Å². The molecule has 0 unspecified atom stereocenters. The van der Waals surface area contributed by atoms with E-state index in [0.29, 0.717) is 6.61 Å². The maximum atomic E-state index is 10.7. The van der Waals surface area contributed by atoms with Gasteiger partial charge in [-0.1, -0.05) is 13.3 Å². The Balaban J connectivity index is 3.28. The number of ether oxygens (including phenoxy) is 2. The van der Waals surface area contributed by atoms with E-state index in [1.54, 1.807) is 0 Å². The molecule has 4 heteroatoms. The average molecular weight is 173 g/mol. The summed E-state index contributed by atoms with van der Waals surface area (Å²) in [6.07, 6.45) is 1.78. The number of carbonyl (C=O) groups is 2. The van der Waals surface area contributed by atoms with Gasteiger partial charge in [0.15, 0.2) is 6.61 Å². The molecule has 0 rings (SSSR count). The monoisotopic (exact) mass is 173 g/mol. The van der Waals surface area contributed by atoms with Crippen molar-refractivity contribution in [3.8, 4) is 0 Å². The summed E-state index contributed by atoms with van der Waals surface area (Å²) in [5.74, 6) is -1.25. The third-order valence-electron chi connectivity index (χ3n) is 1.11. The van der Waals surface area contributed by atoms with Crippen LogP contribution in [0.2, 0.25) is 0 Å². The molecule has 0 fully saturated rings. The molecule has 69 valence electrons. The molecule has 12 heavy (non-hydrogen) atoms. The molecule has 1 radical (unpaired) electrons. The predicted octanol–water partition coefficient (Wildman–Crippen LogP) is 0.707. The molecule has 0 bridgehead atoms. The molecular weight excluding hydrogens is 160 g/mol. The fourth-order valence-electron chi connectivity index (χ4n) is 0.511. The average Bonchev–Trinajstić information content (AvgIpc) is 2.01. The van der Waals surface area contributed by atoms with Crippen LogP contribution in [0, 0.1) is 6.92 Å². The maximum absolute atomic E-state index is 10.7. The highest BCUT2D eigenvalue weighted by molar-refractivity contribution is 5.78. The molecule has 4 nitrogen and oxygen atoms in total. The normalized spacial score (nSPS) is 9.17. The van der Waals surface area contributed by atoms with Gasteiger partial charge in [0.25, 0.3) is 0 Å². The van der Waals surface area contributed by atoms with E-state index in [-0.39, 0.29) is 6.61 Å². The molecule has 0 atom stereocenters. The van der Waals surface area contributed by atoms with Crippen LogP contribution in [0.3, 0.4) is 0 Å². The lowest BCUT2D eigenvalue weighted by molar-refractivity contribution is -0.156. The van der Waals surface area contributed by atoms with E-state index in [0.717, 1.165) is 12.8 Å². The Bertz CT molecular complexity index is 153. The van der Waals surface area contributed by atoms with Crippen LogP contribution in [0.4, 0.5) is 0 Å². The van der Waals surface area contributed by atoms with Gasteiger partial charge in [0.2, 0.25) is 0 Å². The van der Waals surface area contributed by atoms with Gasteiger partial charge in [-0.3, -0.25) is 4.79 Å². The Morgan fingerprint density at radius 2 is 2.00 bits per heavy atom. The Hall–Kier alpha value is -1.06. The zero-order valence-corrected chi connectivity index (χ0v) is 7.17. The number of hydrogen-bond acceptors (Lipinski definition) is 4. The van der Waals surface area contributed by atoms with Gasteiger partial charge in [-0.25, -0.2) is 4.79 Å². The van der Waals surface area contributed by atoms with Crippen molar-refractivity contribution in [1.29, 1.82) is 0 Å². The highest BCUT2D eigenvalue weighted by atomic mass is 16.6. The van der Waals surface area contributed by atoms with Gasteiger partial charge in [0.1, 0.15) is 0 Å². The number of carbonyl (C=O) groups excluding carboxylic acids is 2. The third kappa shape index (κ3) is 7.05. The van der Waals surface area contributed by atoms with E-state index >= 15 is 0 Å². The summed E-state index contributed by atoms with van der Waals surface area (Å²) in [5.41, 5.74) is 0. The van der Waals surface area contributed by atoms with Crippen LogP contribution < -0.4 is 0 Å². The fourth-order valence-corrected chi connectivity index (χ4v) is 0.511.